The van der Waals surface area contributed by atoms with Gasteiger partial charge >= 0.3 is 0 Å². The van der Waals surface area contributed by atoms with Gasteiger partial charge < -0.3 is 0 Å². The highest BCUT2D eigenvalue weighted by Crippen LogP contribution is 2.25. The van der Waals surface area contributed by atoms with Gasteiger partial charge in [0.25, 0.3) is 0 Å². The summed E-state index contributed by atoms with van der Waals surface area (Å²) in [6.45, 7) is 5.13. The second-order valence-electron chi connectivity index (χ2n) is 3.33. The van der Waals surface area contributed by atoms with Crippen LogP contribution in [-0.2, 0) is 0 Å². The standard InChI is InChI=1S/C9H13N3/c1-7-6-11(3)12-5-4-8(2)10-9(7)12/h4-5H,6H2,1-3H3. The van der Waals surface area contributed by atoms with Crippen LogP contribution < -0.4 is 0 Å². The van der Waals surface area contributed by atoms with Crippen molar-refractivity contribution in [2.75, 3.05) is 13.6 Å². The molecule has 0 fully saturated rings. The van der Waals surface area contributed by atoms with Crippen LogP contribution in [-0.4, -0.2) is 29.3 Å². The van der Waals surface area contributed by atoms with Crippen LogP contribution in [0.3, 0.4) is 0 Å². The van der Waals surface area contributed by atoms with E-state index in [1.54, 1.807) is 0 Å². The van der Waals surface area contributed by atoms with Gasteiger partial charge in [0.15, 0.2) is 0 Å². The summed E-state index contributed by atoms with van der Waals surface area (Å²) >= 11 is 0. The molecular weight excluding hydrogens is 150 g/mol. The molecule has 64 valence electrons. The highest BCUT2D eigenvalue weighted by atomic mass is 15.6. The van der Waals surface area contributed by atoms with Crippen LogP contribution in [0.15, 0.2) is 28.7 Å². The Morgan fingerprint density at radius 2 is 2.17 bits per heavy atom. The van der Waals surface area contributed by atoms with Crippen molar-refractivity contribution in [3.05, 3.63) is 23.7 Å². The summed E-state index contributed by atoms with van der Waals surface area (Å²) < 4.78 is 0. The molecule has 0 N–H and O–H groups in total. The lowest BCUT2D eigenvalue weighted by Gasteiger charge is -2.25. The van der Waals surface area contributed by atoms with E-state index in [0.717, 1.165) is 18.1 Å². The van der Waals surface area contributed by atoms with Crippen molar-refractivity contribution < 1.29 is 0 Å². The number of fused-ring (bicyclic) bond motifs is 1. The Morgan fingerprint density at radius 1 is 1.42 bits per heavy atom. The van der Waals surface area contributed by atoms with Gasteiger partial charge in [0, 0.05) is 25.5 Å². The molecule has 2 rings (SSSR count). The molecule has 0 amide bonds. The molecule has 0 aromatic carbocycles. The van der Waals surface area contributed by atoms with E-state index in [1.165, 1.54) is 5.57 Å². The average molecular weight is 163 g/mol. The largest absolute Gasteiger partial charge is 0.264 e. The van der Waals surface area contributed by atoms with Crippen molar-refractivity contribution in [2.24, 2.45) is 4.99 Å². The first-order valence-corrected chi connectivity index (χ1v) is 4.12. The number of likely N-dealkylation sites (N-methyl/N-ethyl adjacent to an activating group) is 1. The molecule has 3 heteroatoms. The van der Waals surface area contributed by atoms with Crippen molar-refractivity contribution in [2.45, 2.75) is 13.8 Å². The van der Waals surface area contributed by atoms with Gasteiger partial charge in [-0.2, -0.15) is 0 Å². The molecule has 0 radical (unpaired) electrons. The van der Waals surface area contributed by atoms with Crippen molar-refractivity contribution in [1.29, 1.82) is 0 Å². The predicted molar refractivity (Wildman–Crippen MR) is 49.4 cm³/mol. The number of hydrazine groups is 1. The maximum Gasteiger partial charge on any atom is 0.147 e. The third-order valence-corrected chi connectivity index (χ3v) is 2.17. The smallest absolute Gasteiger partial charge is 0.147 e. The molecule has 0 aromatic heterocycles. The van der Waals surface area contributed by atoms with Crippen LogP contribution in [0.1, 0.15) is 13.8 Å². The normalized spacial score (nSPS) is 23.2. The number of nitrogens with zero attached hydrogens (tertiary/aromatic N) is 3. The Kier molecular flexibility index (Phi) is 1.54. The van der Waals surface area contributed by atoms with E-state index in [9.17, 15) is 0 Å². The van der Waals surface area contributed by atoms with Crippen LogP contribution in [0.5, 0.6) is 0 Å². The molecule has 0 unspecified atom stereocenters. The van der Waals surface area contributed by atoms with Gasteiger partial charge in [-0.15, -0.1) is 0 Å². The highest BCUT2D eigenvalue weighted by Gasteiger charge is 2.24. The molecule has 2 aliphatic rings. The summed E-state index contributed by atoms with van der Waals surface area (Å²) in [4.78, 5) is 4.47. The summed E-state index contributed by atoms with van der Waals surface area (Å²) in [5.41, 5.74) is 2.41. The first kappa shape index (κ1) is 7.55. The second-order valence-corrected chi connectivity index (χ2v) is 3.33. The Labute approximate surface area is 72.7 Å². The van der Waals surface area contributed by atoms with Gasteiger partial charge in [-0.25, -0.2) is 10.0 Å². The number of allylic oxidation sites excluding steroid dienone is 1. The minimum absolute atomic E-state index is 0.983. The second kappa shape index (κ2) is 2.45. The molecule has 0 saturated heterocycles. The molecule has 0 saturated carbocycles. The predicted octanol–water partition coefficient (Wildman–Crippen LogP) is 1.37. The van der Waals surface area contributed by atoms with Gasteiger partial charge in [-0.05, 0) is 25.5 Å². The van der Waals surface area contributed by atoms with Crippen LogP contribution in [0.4, 0.5) is 0 Å². The zero-order valence-electron chi connectivity index (χ0n) is 7.70. The van der Waals surface area contributed by atoms with Crippen molar-refractivity contribution >= 4 is 5.71 Å². The third-order valence-electron chi connectivity index (χ3n) is 2.17. The number of hydrogen-bond acceptors (Lipinski definition) is 3. The zero-order chi connectivity index (χ0) is 8.72. The number of rotatable bonds is 0. The fourth-order valence-corrected chi connectivity index (χ4v) is 1.56. The Hall–Kier alpha value is -1.09. The lowest BCUT2D eigenvalue weighted by molar-refractivity contribution is 0.126. The summed E-state index contributed by atoms with van der Waals surface area (Å²) in [5, 5.41) is 4.24. The molecule has 0 aliphatic carbocycles. The van der Waals surface area contributed by atoms with E-state index in [4.69, 9.17) is 0 Å². The monoisotopic (exact) mass is 163 g/mol. The van der Waals surface area contributed by atoms with Gasteiger partial charge in [0.2, 0.25) is 0 Å². The Balaban J connectivity index is 2.40. The van der Waals surface area contributed by atoms with E-state index in [-0.39, 0.29) is 0 Å². The van der Waals surface area contributed by atoms with E-state index < -0.39 is 0 Å². The molecule has 2 aliphatic heterocycles. The molecule has 0 spiro atoms. The fraction of sp³-hybridized carbons (Fsp3) is 0.444. The zero-order valence-corrected chi connectivity index (χ0v) is 7.70. The lowest BCUT2D eigenvalue weighted by Crippen LogP contribution is -2.30. The molecular formula is C9H13N3. The van der Waals surface area contributed by atoms with Crippen LogP contribution in [0.2, 0.25) is 0 Å². The van der Waals surface area contributed by atoms with Crippen LogP contribution >= 0.6 is 0 Å². The summed E-state index contributed by atoms with van der Waals surface area (Å²) in [6.07, 6.45) is 4.09. The van der Waals surface area contributed by atoms with Crippen molar-refractivity contribution in [3.8, 4) is 0 Å². The average Bonchev–Trinajstić information content (AvgIpc) is 2.28. The SMILES string of the molecule is CC1=NC2=C(C)CN(C)N2C=C1. The van der Waals surface area contributed by atoms with E-state index in [2.05, 4.69) is 35.2 Å². The summed E-state index contributed by atoms with van der Waals surface area (Å²) in [5.74, 6) is 1.09. The molecule has 12 heavy (non-hydrogen) atoms. The van der Waals surface area contributed by atoms with Gasteiger partial charge in [0.1, 0.15) is 5.82 Å². The maximum atomic E-state index is 4.47. The first-order valence-electron chi connectivity index (χ1n) is 4.12. The minimum atomic E-state index is 0.983. The van der Waals surface area contributed by atoms with Gasteiger partial charge in [-0.3, -0.25) is 5.01 Å². The fourth-order valence-electron chi connectivity index (χ4n) is 1.56. The van der Waals surface area contributed by atoms with Crippen LogP contribution in [0.25, 0.3) is 0 Å². The van der Waals surface area contributed by atoms with Gasteiger partial charge in [-0.1, -0.05) is 0 Å². The Bertz CT molecular complexity index is 299. The quantitative estimate of drug-likeness (QED) is 0.537. The van der Waals surface area contributed by atoms with Crippen LogP contribution in [0, 0.1) is 0 Å². The lowest BCUT2D eigenvalue weighted by atomic mass is 10.3. The molecule has 0 bridgehead atoms. The third kappa shape index (κ3) is 0.975. The number of aliphatic imine (C=N–C) groups is 1. The van der Waals surface area contributed by atoms with E-state index in [0.29, 0.717) is 0 Å². The first-order chi connectivity index (χ1) is 5.68. The maximum absolute atomic E-state index is 4.47. The Morgan fingerprint density at radius 3 is 2.92 bits per heavy atom. The summed E-state index contributed by atoms with van der Waals surface area (Å²) in [7, 11) is 2.07. The van der Waals surface area contributed by atoms with E-state index >= 15 is 0 Å². The summed E-state index contributed by atoms with van der Waals surface area (Å²) in [6, 6.07) is 0. The molecule has 0 atom stereocenters. The van der Waals surface area contributed by atoms with E-state index in [1.807, 2.05) is 13.0 Å². The van der Waals surface area contributed by atoms with Crippen molar-refractivity contribution in [1.82, 2.24) is 10.0 Å². The number of hydrogen-bond donors (Lipinski definition) is 0. The highest BCUT2D eigenvalue weighted by molar-refractivity contribution is 5.94. The van der Waals surface area contributed by atoms with Gasteiger partial charge in [0.05, 0.1) is 0 Å². The molecule has 3 nitrogen and oxygen atoms in total. The topological polar surface area (TPSA) is 18.8 Å². The van der Waals surface area contributed by atoms with Crippen molar-refractivity contribution in [3.63, 3.8) is 0 Å². The molecule has 0 aromatic rings. The molecule has 2 heterocycles. The minimum Gasteiger partial charge on any atom is -0.264 e.